The quantitative estimate of drug-likeness (QED) is 0.280. The summed E-state index contributed by atoms with van der Waals surface area (Å²) >= 11 is 12.9. The summed E-state index contributed by atoms with van der Waals surface area (Å²) in [6.45, 7) is 3.57. The van der Waals surface area contributed by atoms with Gasteiger partial charge in [-0.1, -0.05) is 23.2 Å². The van der Waals surface area contributed by atoms with Gasteiger partial charge in [0.15, 0.2) is 0 Å². The summed E-state index contributed by atoms with van der Waals surface area (Å²) in [6.07, 6.45) is 0.569. The SMILES string of the molecule is CF.Cc1ccnc(C)c1C(=O)c1ncc(Cl)cc1NSc1ccc(Cl)c(C(F)F)c1.O=C=O. The first-order chi connectivity index (χ1) is 16.2. The van der Waals surface area contributed by atoms with Gasteiger partial charge in [0.1, 0.15) is 5.69 Å². The number of benzene rings is 1. The molecule has 1 aromatic carbocycles. The van der Waals surface area contributed by atoms with E-state index < -0.39 is 6.43 Å². The van der Waals surface area contributed by atoms with Gasteiger partial charge < -0.3 is 4.72 Å². The highest BCUT2D eigenvalue weighted by Gasteiger charge is 2.21. The Labute approximate surface area is 208 Å². The molecule has 2 heterocycles. The zero-order valence-corrected chi connectivity index (χ0v) is 20.4. The van der Waals surface area contributed by atoms with Crippen LogP contribution < -0.4 is 4.72 Å². The molecule has 12 heteroatoms. The third kappa shape index (κ3) is 7.85. The molecule has 0 amide bonds. The third-order valence-corrected chi connectivity index (χ3v) is 5.49. The lowest BCUT2D eigenvalue weighted by molar-refractivity contribution is -0.191. The number of hydrogen-bond acceptors (Lipinski definition) is 7. The van der Waals surface area contributed by atoms with E-state index in [9.17, 15) is 18.0 Å². The molecule has 0 aliphatic heterocycles. The van der Waals surface area contributed by atoms with Crippen molar-refractivity contribution in [3.63, 3.8) is 0 Å². The van der Waals surface area contributed by atoms with Crippen molar-refractivity contribution >= 4 is 52.8 Å². The maximum Gasteiger partial charge on any atom is 0.373 e. The number of carbonyl (C=O) groups is 1. The number of halogens is 5. The Morgan fingerprint density at radius 3 is 2.32 bits per heavy atom. The van der Waals surface area contributed by atoms with Crippen molar-refractivity contribution in [2.75, 3.05) is 11.9 Å². The Kier molecular flexibility index (Phi) is 12.3. The molecular formula is C22H18Cl2F3N3O3S. The van der Waals surface area contributed by atoms with E-state index in [2.05, 4.69) is 14.7 Å². The number of anilines is 1. The molecule has 0 aliphatic carbocycles. The van der Waals surface area contributed by atoms with E-state index in [-0.39, 0.29) is 28.2 Å². The normalized spacial score (nSPS) is 9.79. The molecule has 2 aromatic heterocycles. The highest BCUT2D eigenvalue weighted by molar-refractivity contribution is 8.00. The van der Waals surface area contributed by atoms with E-state index >= 15 is 0 Å². The van der Waals surface area contributed by atoms with Gasteiger partial charge in [-0.25, -0.2) is 13.8 Å². The predicted octanol–water partition coefficient (Wildman–Crippen LogP) is 6.69. The van der Waals surface area contributed by atoms with Crippen LogP contribution in [0.2, 0.25) is 10.0 Å². The summed E-state index contributed by atoms with van der Waals surface area (Å²) in [4.78, 5) is 38.2. The van der Waals surface area contributed by atoms with Crippen LogP contribution in [0.5, 0.6) is 0 Å². The van der Waals surface area contributed by atoms with Crippen LogP contribution in [0.4, 0.5) is 18.9 Å². The Bertz CT molecular complexity index is 1160. The van der Waals surface area contributed by atoms with E-state index in [1.165, 1.54) is 18.3 Å². The third-order valence-electron chi connectivity index (χ3n) is 4.13. The summed E-state index contributed by atoms with van der Waals surface area (Å²) in [5.74, 6) is -0.308. The van der Waals surface area contributed by atoms with Crippen LogP contribution in [-0.2, 0) is 9.59 Å². The van der Waals surface area contributed by atoms with Crippen molar-refractivity contribution in [3.8, 4) is 0 Å². The molecular weight excluding hydrogens is 514 g/mol. The fraction of sp³-hybridized carbons (Fsp3) is 0.182. The zero-order chi connectivity index (χ0) is 25.8. The Morgan fingerprint density at radius 2 is 1.74 bits per heavy atom. The summed E-state index contributed by atoms with van der Waals surface area (Å²) in [5, 5.41) is 0.320. The standard InChI is InChI=1S/C20H15Cl2F2N3OS.CH3F.CO2/c1-10-5-6-25-11(2)17(10)19(28)18-16(7-12(21)9-26-18)27-29-13-3-4-15(22)14(8-13)20(23)24;1-2;2-1-3/h3-9,20,27H,1-2H3;1H3;. The van der Waals surface area contributed by atoms with Crippen LogP contribution in [0, 0.1) is 13.8 Å². The van der Waals surface area contributed by atoms with E-state index in [4.69, 9.17) is 32.8 Å². The average Bonchev–Trinajstić information content (AvgIpc) is 2.80. The monoisotopic (exact) mass is 531 g/mol. The van der Waals surface area contributed by atoms with Crippen molar-refractivity contribution < 1.29 is 27.6 Å². The maximum atomic E-state index is 13.1. The maximum absolute atomic E-state index is 13.1. The minimum Gasteiger partial charge on any atom is -0.324 e. The first kappa shape index (κ1) is 29.1. The number of alkyl halides is 3. The van der Waals surface area contributed by atoms with Crippen molar-refractivity contribution in [2.45, 2.75) is 25.2 Å². The zero-order valence-electron chi connectivity index (χ0n) is 18.0. The van der Waals surface area contributed by atoms with Gasteiger partial charge in [0.2, 0.25) is 5.78 Å². The molecule has 0 saturated heterocycles. The molecule has 0 bridgehead atoms. The molecule has 0 atom stereocenters. The largest absolute Gasteiger partial charge is 0.373 e. The fourth-order valence-corrected chi connectivity index (χ4v) is 3.78. The lowest BCUT2D eigenvalue weighted by Crippen LogP contribution is -2.11. The average molecular weight is 532 g/mol. The number of hydrogen-bond donors (Lipinski definition) is 1. The van der Waals surface area contributed by atoms with E-state index in [0.29, 0.717) is 34.0 Å². The van der Waals surface area contributed by atoms with Gasteiger partial charge in [0.25, 0.3) is 6.43 Å². The lowest BCUT2D eigenvalue weighted by atomic mass is 10.0. The molecule has 0 fully saturated rings. The highest BCUT2D eigenvalue weighted by Crippen LogP contribution is 2.33. The molecule has 0 unspecified atom stereocenters. The predicted molar refractivity (Wildman–Crippen MR) is 124 cm³/mol. The number of nitrogens with zero attached hydrogens (tertiary/aromatic N) is 2. The van der Waals surface area contributed by atoms with Gasteiger partial charge in [0, 0.05) is 39.1 Å². The van der Waals surface area contributed by atoms with Crippen molar-refractivity contribution in [3.05, 3.63) is 80.8 Å². The fourth-order valence-electron chi connectivity index (χ4n) is 2.72. The van der Waals surface area contributed by atoms with Crippen LogP contribution in [0.3, 0.4) is 0 Å². The van der Waals surface area contributed by atoms with Gasteiger partial charge in [-0.15, -0.1) is 0 Å². The van der Waals surface area contributed by atoms with Crippen LogP contribution in [0.15, 0.2) is 47.6 Å². The number of ketones is 1. The molecule has 180 valence electrons. The second-order valence-electron chi connectivity index (χ2n) is 6.24. The molecule has 34 heavy (non-hydrogen) atoms. The van der Waals surface area contributed by atoms with Gasteiger partial charge in [-0.2, -0.15) is 9.59 Å². The molecule has 0 saturated carbocycles. The molecule has 1 N–H and O–H groups in total. The smallest absolute Gasteiger partial charge is 0.324 e. The topological polar surface area (TPSA) is 89.0 Å². The number of nitrogens with one attached hydrogen (secondary N) is 1. The minimum absolute atomic E-state index is 0.00725. The molecule has 0 radical (unpaired) electrons. The summed E-state index contributed by atoms with van der Waals surface area (Å²) in [7, 11) is 0.500. The van der Waals surface area contributed by atoms with Gasteiger partial charge in [-0.3, -0.25) is 14.2 Å². The first-order valence-corrected chi connectivity index (χ1v) is 10.8. The van der Waals surface area contributed by atoms with Crippen molar-refractivity contribution in [1.29, 1.82) is 0 Å². The summed E-state index contributed by atoms with van der Waals surface area (Å²) in [6, 6.07) is 7.59. The van der Waals surface area contributed by atoms with E-state index in [1.54, 1.807) is 31.3 Å². The highest BCUT2D eigenvalue weighted by atomic mass is 35.5. The minimum atomic E-state index is -2.69. The van der Waals surface area contributed by atoms with Crippen LogP contribution in [0.25, 0.3) is 0 Å². The summed E-state index contributed by atoms with van der Waals surface area (Å²) in [5.41, 5.74) is 2.08. The van der Waals surface area contributed by atoms with Crippen molar-refractivity contribution in [2.24, 2.45) is 0 Å². The molecule has 0 spiro atoms. The van der Waals surface area contributed by atoms with E-state index in [1.807, 2.05) is 6.92 Å². The lowest BCUT2D eigenvalue weighted by Gasteiger charge is -2.13. The summed E-state index contributed by atoms with van der Waals surface area (Å²) < 4.78 is 38.6. The molecule has 6 nitrogen and oxygen atoms in total. The number of rotatable bonds is 6. The van der Waals surface area contributed by atoms with Crippen LogP contribution >= 0.6 is 35.1 Å². The number of aromatic nitrogens is 2. The number of aryl methyl sites for hydroxylation is 2. The Morgan fingerprint density at radius 1 is 1.09 bits per heavy atom. The number of pyridine rings is 2. The van der Waals surface area contributed by atoms with Crippen LogP contribution in [-0.4, -0.2) is 29.1 Å². The Balaban J connectivity index is 0.00000107. The molecule has 3 rings (SSSR count). The second kappa shape index (κ2) is 14.4. The van der Waals surface area contributed by atoms with Gasteiger partial charge >= 0.3 is 6.15 Å². The van der Waals surface area contributed by atoms with Gasteiger partial charge in [-0.05, 0) is 61.7 Å². The number of carbonyl (C=O) groups excluding carboxylic acids is 3. The Hall–Kier alpha value is -2.91. The molecule has 0 aliphatic rings. The van der Waals surface area contributed by atoms with Crippen molar-refractivity contribution in [1.82, 2.24) is 9.97 Å². The second-order valence-corrected chi connectivity index (χ2v) is 7.96. The van der Waals surface area contributed by atoms with Crippen LogP contribution in [0.1, 0.15) is 39.3 Å². The van der Waals surface area contributed by atoms with Gasteiger partial charge in [0.05, 0.1) is 17.9 Å². The first-order valence-electron chi connectivity index (χ1n) is 9.19. The van der Waals surface area contributed by atoms with E-state index in [0.717, 1.165) is 17.5 Å². The molecule has 3 aromatic rings.